The van der Waals surface area contributed by atoms with Gasteiger partial charge in [0.15, 0.2) is 11.5 Å². The van der Waals surface area contributed by atoms with Gasteiger partial charge in [-0.1, -0.05) is 0 Å². The van der Waals surface area contributed by atoms with Crippen LogP contribution in [0.15, 0.2) is 22.7 Å². The molecule has 0 aliphatic carbocycles. The Kier molecular flexibility index (Phi) is 2.79. The second kappa shape index (κ2) is 3.65. The molecule has 0 atom stereocenters. The molecule has 1 saturated heterocycles. The van der Waals surface area contributed by atoms with Gasteiger partial charge in [0.2, 0.25) is 0 Å². The van der Waals surface area contributed by atoms with E-state index in [9.17, 15) is 0 Å². The van der Waals surface area contributed by atoms with Gasteiger partial charge < -0.3 is 9.47 Å². The maximum absolute atomic E-state index is 5.51. The van der Waals surface area contributed by atoms with E-state index in [0.29, 0.717) is 13.2 Å². The molecule has 0 bridgehead atoms. The first kappa shape index (κ1) is 9.17. The summed E-state index contributed by atoms with van der Waals surface area (Å²) in [7, 11) is 0. The topological polar surface area (TPSA) is 18.5 Å². The van der Waals surface area contributed by atoms with E-state index in [1.807, 2.05) is 27.7 Å². The van der Waals surface area contributed by atoms with Gasteiger partial charge >= 0.3 is 0 Å². The Bertz CT molecular complexity index is 202. The minimum Gasteiger partial charge on any atom is -0.486 e. The third-order valence-electron chi connectivity index (χ3n) is 1.69. The van der Waals surface area contributed by atoms with Gasteiger partial charge in [-0.3, -0.25) is 0 Å². The van der Waals surface area contributed by atoms with Gasteiger partial charge in [-0.25, -0.2) is 0 Å². The predicted octanol–water partition coefficient (Wildman–Crippen LogP) is 2.62. The molecule has 0 unspecified atom stereocenters. The lowest BCUT2D eigenvalue weighted by Gasteiger charge is -2.23. The average molecular weight is 168 g/mol. The van der Waals surface area contributed by atoms with Crippen LogP contribution >= 0.6 is 0 Å². The zero-order valence-electron chi connectivity index (χ0n) is 8.23. The van der Waals surface area contributed by atoms with E-state index in [1.165, 1.54) is 11.1 Å². The molecule has 1 aliphatic rings. The van der Waals surface area contributed by atoms with E-state index in [1.54, 1.807) is 0 Å². The van der Waals surface area contributed by atoms with Gasteiger partial charge in [0.05, 0.1) is 0 Å². The fourth-order valence-corrected chi connectivity index (χ4v) is 1.16. The standard InChI is InChI=1S/C10H16O2/c1-7(2)9-10(8(3)4)12-6-5-11-9/h5-6H2,1-4H3. The number of allylic oxidation sites excluding steroid dienone is 2. The third kappa shape index (κ3) is 1.81. The number of rotatable bonds is 0. The van der Waals surface area contributed by atoms with Crippen LogP contribution in [0.4, 0.5) is 0 Å². The molecule has 68 valence electrons. The summed E-state index contributed by atoms with van der Waals surface area (Å²) in [5.41, 5.74) is 2.34. The smallest absolute Gasteiger partial charge is 0.159 e. The van der Waals surface area contributed by atoms with E-state index in [4.69, 9.17) is 9.47 Å². The first-order valence-corrected chi connectivity index (χ1v) is 4.24. The Hall–Kier alpha value is -0.920. The van der Waals surface area contributed by atoms with Crippen LogP contribution in [-0.2, 0) is 9.47 Å². The van der Waals surface area contributed by atoms with Gasteiger partial charge in [0.25, 0.3) is 0 Å². The Morgan fingerprint density at radius 3 is 1.42 bits per heavy atom. The van der Waals surface area contributed by atoms with Crippen molar-refractivity contribution in [2.45, 2.75) is 27.7 Å². The van der Waals surface area contributed by atoms with E-state index in [0.717, 1.165) is 11.5 Å². The lowest BCUT2D eigenvalue weighted by Crippen LogP contribution is -2.15. The van der Waals surface area contributed by atoms with Crippen molar-refractivity contribution < 1.29 is 9.47 Å². The highest BCUT2D eigenvalue weighted by Crippen LogP contribution is 2.24. The maximum Gasteiger partial charge on any atom is 0.159 e. The molecular formula is C10H16O2. The van der Waals surface area contributed by atoms with Crippen molar-refractivity contribution in [1.29, 1.82) is 0 Å². The highest BCUT2D eigenvalue weighted by molar-refractivity contribution is 5.28. The molecule has 1 rings (SSSR count). The van der Waals surface area contributed by atoms with Crippen molar-refractivity contribution in [3.05, 3.63) is 22.7 Å². The first-order valence-electron chi connectivity index (χ1n) is 4.24. The van der Waals surface area contributed by atoms with Crippen LogP contribution in [0, 0.1) is 0 Å². The van der Waals surface area contributed by atoms with Crippen LogP contribution in [0.25, 0.3) is 0 Å². The molecule has 1 heterocycles. The zero-order valence-corrected chi connectivity index (χ0v) is 8.23. The van der Waals surface area contributed by atoms with Crippen LogP contribution in [0.2, 0.25) is 0 Å². The van der Waals surface area contributed by atoms with Gasteiger partial charge in [-0.05, 0) is 38.8 Å². The lowest BCUT2D eigenvalue weighted by atomic mass is 10.2. The minimum atomic E-state index is 0.664. The molecule has 12 heavy (non-hydrogen) atoms. The highest BCUT2D eigenvalue weighted by atomic mass is 16.6. The maximum atomic E-state index is 5.51. The SMILES string of the molecule is CC(C)=C1OCCOC1=C(C)C. The molecule has 0 aromatic rings. The fourth-order valence-electron chi connectivity index (χ4n) is 1.16. The summed E-state index contributed by atoms with van der Waals surface area (Å²) in [6.45, 7) is 9.47. The lowest BCUT2D eigenvalue weighted by molar-refractivity contribution is 0.0559. The van der Waals surface area contributed by atoms with E-state index >= 15 is 0 Å². The molecule has 2 nitrogen and oxygen atoms in total. The van der Waals surface area contributed by atoms with E-state index < -0.39 is 0 Å². The van der Waals surface area contributed by atoms with Crippen LogP contribution in [0.1, 0.15) is 27.7 Å². The van der Waals surface area contributed by atoms with E-state index in [2.05, 4.69) is 0 Å². The van der Waals surface area contributed by atoms with Crippen molar-refractivity contribution in [2.24, 2.45) is 0 Å². The summed E-state index contributed by atoms with van der Waals surface area (Å²) in [5, 5.41) is 0. The van der Waals surface area contributed by atoms with Crippen LogP contribution in [0.3, 0.4) is 0 Å². The third-order valence-corrected chi connectivity index (χ3v) is 1.69. The molecule has 1 aliphatic heterocycles. The molecule has 0 aromatic heterocycles. The number of hydrogen-bond donors (Lipinski definition) is 0. The normalized spacial score (nSPS) is 16.7. The molecule has 0 N–H and O–H groups in total. The molecule has 0 aromatic carbocycles. The zero-order chi connectivity index (χ0) is 9.14. The van der Waals surface area contributed by atoms with Gasteiger partial charge in [0, 0.05) is 0 Å². The largest absolute Gasteiger partial charge is 0.486 e. The average Bonchev–Trinajstić information content (AvgIpc) is 2.04. The Labute approximate surface area is 73.9 Å². The van der Waals surface area contributed by atoms with Gasteiger partial charge in [-0.2, -0.15) is 0 Å². The molecular weight excluding hydrogens is 152 g/mol. The Morgan fingerprint density at radius 2 is 1.17 bits per heavy atom. The molecule has 2 heteroatoms. The summed E-state index contributed by atoms with van der Waals surface area (Å²) >= 11 is 0. The van der Waals surface area contributed by atoms with Crippen molar-refractivity contribution in [3.8, 4) is 0 Å². The minimum absolute atomic E-state index is 0.664. The van der Waals surface area contributed by atoms with Crippen molar-refractivity contribution >= 4 is 0 Å². The molecule has 1 fully saturated rings. The van der Waals surface area contributed by atoms with Crippen LogP contribution in [-0.4, -0.2) is 13.2 Å². The van der Waals surface area contributed by atoms with E-state index in [-0.39, 0.29) is 0 Å². The monoisotopic (exact) mass is 168 g/mol. The Morgan fingerprint density at radius 1 is 0.833 bits per heavy atom. The first-order chi connectivity index (χ1) is 5.63. The molecule has 0 radical (unpaired) electrons. The summed E-state index contributed by atoms with van der Waals surface area (Å²) < 4.78 is 11.0. The summed E-state index contributed by atoms with van der Waals surface area (Å²) in [6.07, 6.45) is 0. The Balaban J connectivity index is 2.98. The van der Waals surface area contributed by atoms with Gasteiger partial charge in [0.1, 0.15) is 13.2 Å². The summed E-state index contributed by atoms with van der Waals surface area (Å²) in [6, 6.07) is 0. The molecule has 0 spiro atoms. The van der Waals surface area contributed by atoms with Crippen molar-refractivity contribution in [2.75, 3.05) is 13.2 Å². The van der Waals surface area contributed by atoms with Crippen molar-refractivity contribution in [1.82, 2.24) is 0 Å². The second-order valence-electron chi connectivity index (χ2n) is 3.36. The summed E-state index contributed by atoms with van der Waals surface area (Å²) in [4.78, 5) is 0. The number of ether oxygens (including phenoxy) is 2. The quantitative estimate of drug-likeness (QED) is 0.553. The van der Waals surface area contributed by atoms with Crippen molar-refractivity contribution in [3.63, 3.8) is 0 Å². The van der Waals surface area contributed by atoms with Gasteiger partial charge in [-0.15, -0.1) is 0 Å². The number of hydrogen-bond acceptors (Lipinski definition) is 2. The van der Waals surface area contributed by atoms with Crippen LogP contribution in [0.5, 0.6) is 0 Å². The van der Waals surface area contributed by atoms with Crippen LogP contribution < -0.4 is 0 Å². The molecule has 0 amide bonds. The second-order valence-corrected chi connectivity index (χ2v) is 3.36. The molecule has 0 saturated carbocycles. The fraction of sp³-hybridized carbons (Fsp3) is 0.600. The predicted molar refractivity (Wildman–Crippen MR) is 48.7 cm³/mol. The highest BCUT2D eigenvalue weighted by Gasteiger charge is 2.16. The summed E-state index contributed by atoms with van der Waals surface area (Å²) in [5.74, 6) is 1.84.